The van der Waals surface area contributed by atoms with E-state index in [0.29, 0.717) is 23.8 Å². The van der Waals surface area contributed by atoms with Crippen molar-refractivity contribution in [2.75, 3.05) is 19.8 Å². The van der Waals surface area contributed by atoms with Crippen LogP contribution in [-0.4, -0.2) is 42.5 Å². The summed E-state index contributed by atoms with van der Waals surface area (Å²) in [5.41, 5.74) is -0.00236. The molecule has 2 rings (SSSR count). The fourth-order valence-electron chi connectivity index (χ4n) is 2.17. The van der Waals surface area contributed by atoms with Gasteiger partial charge in [-0.1, -0.05) is 17.7 Å². The highest BCUT2D eigenvalue weighted by Crippen LogP contribution is 2.26. The highest BCUT2D eigenvalue weighted by Gasteiger charge is 2.39. The highest BCUT2D eigenvalue weighted by molar-refractivity contribution is 6.32. The van der Waals surface area contributed by atoms with E-state index in [2.05, 4.69) is 5.32 Å². The molecule has 0 spiro atoms. The van der Waals surface area contributed by atoms with Crippen molar-refractivity contribution in [1.82, 2.24) is 5.32 Å². The minimum atomic E-state index is -1.00. The average Bonchev–Trinajstić information content (AvgIpc) is 2.78. The van der Waals surface area contributed by atoms with Crippen LogP contribution in [0.5, 0.6) is 5.75 Å². The molecule has 1 aliphatic heterocycles. The summed E-state index contributed by atoms with van der Waals surface area (Å²) in [6.45, 7) is 4.22. The zero-order valence-corrected chi connectivity index (χ0v) is 12.9. The van der Waals surface area contributed by atoms with Gasteiger partial charge in [-0.3, -0.25) is 4.79 Å². The molecule has 2 N–H and O–H groups in total. The van der Waals surface area contributed by atoms with Crippen molar-refractivity contribution in [2.24, 2.45) is 0 Å². The fourth-order valence-corrected chi connectivity index (χ4v) is 2.34. The van der Waals surface area contributed by atoms with E-state index in [4.69, 9.17) is 21.1 Å². The number of rotatable bonds is 5. The number of halogens is 1. The molecule has 0 radical (unpaired) electrons. The summed E-state index contributed by atoms with van der Waals surface area (Å²) >= 11 is 5.99. The van der Waals surface area contributed by atoms with Crippen molar-refractivity contribution < 1.29 is 19.4 Å². The molecule has 0 bridgehead atoms. The van der Waals surface area contributed by atoms with E-state index in [0.717, 1.165) is 5.56 Å². The summed E-state index contributed by atoms with van der Waals surface area (Å²) in [5.74, 6) is 0.170. The maximum absolute atomic E-state index is 11.8. The summed E-state index contributed by atoms with van der Waals surface area (Å²) < 4.78 is 10.7. The van der Waals surface area contributed by atoms with E-state index in [1.54, 1.807) is 19.1 Å². The van der Waals surface area contributed by atoms with Crippen LogP contribution in [0.3, 0.4) is 0 Å². The number of hydrogen-bond donors (Lipinski definition) is 2. The van der Waals surface area contributed by atoms with Crippen LogP contribution in [0.25, 0.3) is 0 Å². The Morgan fingerprint density at radius 1 is 1.62 bits per heavy atom. The van der Waals surface area contributed by atoms with Crippen LogP contribution in [-0.2, 0) is 9.53 Å². The molecule has 0 aliphatic carbocycles. The van der Waals surface area contributed by atoms with Crippen molar-refractivity contribution in [1.29, 1.82) is 0 Å². The smallest absolute Gasteiger partial charge is 0.258 e. The maximum Gasteiger partial charge on any atom is 0.258 e. The van der Waals surface area contributed by atoms with Crippen LogP contribution < -0.4 is 10.1 Å². The van der Waals surface area contributed by atoms with Gasteiger partial charge < -0.3 is 19.9 Å². The van der Waals surface area contributed by atoms with Gasteiger partial charge in [-0.05, 0) is 31.5 Å². The van der Waals surface area contributed by atoms with Gasteiger partial charge in [0.1, 0.15) is 11.4 Å². The Kier molecular flexibility index (Phi) is 5.08. The van der Waals surface area contributed by atoms with Gasteiger partial charge in [0, 0.05) is 19.6 Å². The number of benzene rings is 1. The number of nitrogens with one attached hydrogen (secondary N) is 1. The molecule has 1 fully saturated rings. The molecule has 1 saturated heterocycles. The van der Waals surface area contributed by atoms with E-state index in [-0.39, 0.29) is 25.2 Å². The minimum absolute atomic E-state index is 0.144. The first-order chi connectivity index (χ1) is 9.90. The van der Waals surface area contributed by atoms with Crippen LogP contribution in [0.15, 0.2) is 18.2 Å². The first kappa shape index (κ1) is 16.1. The Bertz CT molecular complexity index is 522. The molecule has 2 unspecified atom stereocenters. The monoisotopic (exact) mass is 313 g/mol. The van der Waals surface area contributed by atoms with Crippen molar-refractivity contribution in [2.45, 2.75) is 32.0 Å². The molecule has 0 aromatic heterocycles. The number of aliphatic hydroxyl groups is 1. The van der Waals surface area contributed by atoms with E-state index < -0.39 is 5.60 Å². The lowest BCUT2D eigenvalue weighted by molar-refractivity contribution is -0.124. The van der Waals surface area contributed by atoms with Crippen molar-refractivity contribution in [3.05, 3.63) is 28.8 Å². The second-order valence-corrected chi connectivity index (χ2v) is 5.77. The first-order valence-electron chi connectivity index (χ1n) is 6.90. The number of carbonyl (C=O) groups excluding carboxylic acids is 1. The van der Waals surface area contributed by atoms with E-state index in [1.165, 1.54) is 0 Å². The van der Waals surface area contributed by atoms with E-state index in [1.807, 2.05) is 13.0 Å². The summed E-state index contributed by atoms with van der Waals surface area (Å²) in [6.07, 6.45) is 0.226. The Labute approximate surface area is 129 Å². The second-order valence-electron chi connectivity index (χ2n) is 5.37. The van der Waals surface area contributed by atoms with Crippen molar-refractivity contribution >= 4 is 17.5 Å². The summed E-state index contributed by atoms with van der Waals surface area (Å²) in [7, 11) is 0. The minimum Gasteiger partial charge on any atom is -0.482 e. The predicted octanol–water partition coefficient (Wildman–Crippen LogP) is 1.68. The molecule has 1 amide bonds. The van der Waals surface area contributed by atoms with Crippen LogP contribution in [0, 0.1) is 6.92 Å². The third kappa shape index (κ3) is 4.09. The van der Waals surface area contributed by atoms with Crippen LogP contribution in [0.4, 0.5) is 0 Å². The van der Waals surface area contributed by atoms with Crippen molar-refractivity contribution in [3.8, 4) is 5.75 Å². The number of ether oxygens (including phenoxy) is 2. The summed E-state index contributed by atoms with van der Waals surface area (Å²) in [6, 6.07) is 5.37. The number of amides is 1. The Balaban J connectivity index is 1.81. The van der Waals surface area contributed by atoms with Crippen LogP contribution in [0.1, 0.15) is 18.9 Å². The number of aryl methyl sites for hydroxylation is 1. The van der Waals surface area contributed by atoms with Crippen LogP contribution in [0.2, 0.25) is 5.02 Å². The average molecular weight is 314 g/mol. The predicted molar refractivity (Wildman–Crippen MR) is 79.7 cm³/mol. The molecule has 2 atom stereocenters. The summed E-state index contributed by atoms with van der Waals surface area (Å²) in [5, 5.41) is 13.4. The van der Waals surface area contributed by atoms with Crippen LogP contribution >= 0.6 is 11.6 Å². The van der Waals surface area contributed by atoms with Gasteiger partial charge in [0.05, 0.1) is 11.1 Å². The second kappa shape index (κ2) is 6.64. The molecule has 5 nitrogen and oxygen atoms in total. The molecule has 1 heterocycles. The standard InChI is InChI=1S/C15H20ClNO4/c1-10-3-4-12(16)13(7-10)21-8-14(18)17-9-15(19)5-6-20-11(15)2/h3-4,7,11,19H,5-6,8-9H2,1-2H3,(H,17,18). The van der Waals surface area contributed by atoms with Crippen molar-refractivity contribution in [3.63, 3.8) is 0 Å². The molecule has 1 aliphatic rings. The van der Waals surface area contributed by atoms with Gasteiger partial charge >= 0.3 is 0 Å². The molecule has 116 valence electrons. The van der Waals surface area contributed by atoms with E-state index in [9.17, 15) is 9.90 Å². The lowest BCUT2D eigenvalue weighted by Crippen LogP contribution is -2.48. The Morgan fingerprint density at radius 2 is 2.38 bits per heavy atom. The first-order valence-corrected chi connectivity index (χ1v) is 7.28. The number of carbonyl (C=O) groups is 1. The largest absolute Gasteiger partial charge is 0.482 e. The SMILES string of the molecule is Cc1ccc(Cl)c(OCC(=O)NCC2(O)CCOC2C)c1. The molecule has 1 aromatic carbocycles. The third-order valence-corrected chi connectivity index (χ3v) is 4.01. The molecule has 1 aromatic rings. The Hall–Kier alpha value is -1.30. The van der Waals surface area contributed by atoms with Gasteiger partial charge in [-0.15, -0.1) is 0 Å². The zero-order chi connectivity index (χ0) is 15.5. The lowest BCUT2D eigenvalue weighted by Gasteiger charge is -2.26. The van der Waals surface area contributed by atoms with Gasteiger partial charge in [0.2, 0.25) is 0 Å². The van der Waals surface area contributed by atoms with Gasteiger partial charge in [-0.25, -0.2) is 0 Å². The molecular formula is C15H20ClNO4. The highest BCUT2D eigenvalue weighted by atomic mass is 35.5. The zero-order valence-electron chi connectivity index (χ0n) is 12.2. The third-order valence-electron chi connectivity index (χ3n) is 3.70. The Morgan fingerprint density at radius 3 is 3.05 bits per heavy atom. The quantitative estimate of drug-likeness (QED) is 0.868. The van der Waals surface area contributed by atoms with Gasteiger partial charge in [0.25, 0.3) is 5.91 Å². The van der Waals surface area contributed by atoms with Gasteiger partial charge in [-0.2, -0.15) is 0 Å². The normalized spacial score (nSPS) is 24.9. The lowest BCUT2D eigenvalue weighted by atomic mass is 9.97. The summed E-state index contributed by atoms with van der Waals surface area (Å²) in [4.78, 5) is 11.8. The van der Waals surface area contributed by atoms with E-state index >= 15 is 0 Å². The molecule has 0 saturated carbocycles. The van der Waals surface area contributed by atoms with Gasteiger partial charge in [0.15, 0.2) is 6.61 Å². The topological polar surface area (TPSA) is 67.8 Å². The fraction of sp³-hybridized carbons (Fsp3) is 0.533. The molecular weight excluding hydrogens is 294 g/mol. The number of hydrogen-bond acceptors (Lipinski definition) is 4. The molecule has 6 heteroatoms. The maximum atomic E-state index is 11.8. The molecule has 21 heavy (non-hydrogen) atoms.